The Bertz CT molecular complexity index is 547. The molecule has 0 aliphatic carbocycles. The molecule has 0 bridgehead atoms. The van der Waals surface area contributed by atoms with Gasteiger partial charge in [-0.05, 0) is 57.1 Å². The number of rotatable bonds is 4. The van der Waals surface area contributed by atoms with E-state index >= 15 is 0 Å². The Labute approximate surface area is 148 Å². The van der Waals surface area contributed by atoms with Gasteiger partial charge >= 0.3 is 0 Å². The van der Waals surface area contributed by atoms with Crippen molar-refractivity contribution in [1.29, 1.82) is 0 Å². The van der Waals surface area contributed by atoms with E-state index in [4.69, 9.17) is 0 Å². The quantitative estimate of drug-likeness (QED) is 0.908. The third-order valence-corrected chi connectivity index (χ3v) is 6.01. The van der Waals surface area contributed by atoms with Crippen LogP contribution in [0.15, 0.2) is 17.5 Å². The molecule has 0 spiro atoms. The number of carbonyl (C=O) groups excluding carboxylic acids is 2. The summed E-state index contributed by atoms with van der Waals surface area (Å²) in [4.78, 5) is 29.8. The molecule has 2 saturated heterocycles. The summed E-state index contributed by atoms with van der Waals surface area (Å²) in [5.41, 5.74) is 0. The molecule has 1 N–H and O–H groups in total. The van der Waals surface area contributed by atoms with Crippen LogP contribution in [-0.4, -0.2) is 59.9 Å². The van der Waals surface area contributed by atoms with Gasteiger partial charge in [-0.1, -0.05) is 12.5 Å². The van der Waals surface area contributed by atoms with Crippen molar-refractivity contribution in [3.05, 3.63) is 22.4 Å². The Hall–Kier alpha value is -1.40. The first kappa shape index (κ1) is 17.4. The van der Waals surface area contributed by atoms with Crippen LogP contribution in [0.3, 0.4) is 0 Å². The molecule has 0 aromatic carbocycles. The van der Waals surface area contributed by atoms with Crippen LogP contribution in [0.5, 0.6) is 0 Å². The van der Waals surface area contributed by atoms with Crippen molar-refractivity contribution in [2.45, 2.75) is 51.1 Å². The van der Waals surface area contributed by atoms with Gasteiger partial charge in [0.1, 0.15) is 6.04 Å². The summed E-state index contributed by atoms with van der Waals surface area (Å²) >= 11 is 1.39. The van der Waals surface area contributed by atoms with E-state index in [0.717, 1.165) is 25.9 Å². The van der Waals surface area contributed by atoms with Crippen LogP contribution in [0.4, 0.5) is 0 Å². The largest absolute Gasteiger partial charge is 0.341 e. The van der Waals surface area contributed by atoms with Crippen molar-refractivity contribution in [3.8, 4) is 0 Å². The Kier molecular flexibility index (Phi) is 5.89. The number of piperidine rings is 2. The fourth-order valence-electron chi connectivity index (χ4n) is 3.75. The number of amides is 2. The lowest BCUT2D eigenvalue weighted by Gasteiger charge is -2.40. The highest BCUT2D eigenvalue weighted by Gasteiger charge is 2.30. The molecular weight excluding hydrogens is 322 g/mol. The standard InChI is InChI=1S/C18H27N3O2S/c1-14(19-17(22)16-6-5-13-24-16)18(23)21-11-7-15(8-12-21)20-9-3-2-4-10-20/h5-6,13-15H,2-4,7-12H2,1H3,(H,19,22). The maximum atomic E-state index is 12.6. The predicted molar refractivity (Wildman–Crippen MR) is 96.3 cm³/mol. The maximum absolute atomic E-state index is 12.6. The van der Waals surface area contributed by atoms with Gasteiger partial charge in [-0.2, -0.15) is 0 Å². The van der Waals surface area contributed by atoms with Gasteiger partial charge in [-0.15, -0.1) is 11.3 Å². The van der Waals surface area contributed by atoms with Crippen molar-refractivity contribution in [2.24, 2.45) is 0 Å². The number of thiophene rings is 1. The Morgan fingerprint density at radius 3 is 2.50 bits per heavy atom. The van der Waals surface area contributed by atoms with Gasteiger partial charge in [0, 0.05) is 19.1 Å². The first-order valence-corrected chi connectivity index (χ1v) is 9.90. The van der Waals surface area contributed by atoms with E-state index in [2.05, 4.69) is 10.2 Å². The first-order chi connectivity index (χ1) is 11.6. The smallest absolute Gasteiger partial charge is 0.261 e. The highest BCUT2D eigenvalue weighted by molar-refractivity contribution is 7.12. The molecule has 24 heavy (non-hydrogen) atoms. The zero-order valence-corrected chi connectivity index (χ0v) is 15.2. The average molecular weight is 350 g/mol. The van der Waals surface area contributed by atoms with Gasteiger partial charge < -0.3 is 15.1 Å². The Morgan fingerprint density at radius 2 is 1.88 bits per heavy atom. The molecule has 132 valence electrons. The minimum absolute atomic E-state index is 0.0389. The topological polar surface area (TPSA) is 52.7 Å². The normalized spacial score (nSPS) is 21.5. The summed E-state index contributed by atoms with van der Waals surface area (Å²) in [6, 6.07) is 3.79. The van der Waals surface area contributed by atoms with Crippen LogP contribution in [0.25, 0.3) is 0 Å². The molecule has 5 nitrogen and oxygen atoms in total. The fourth-order valence-corrected chi connectivity index (χ4v) is 4.37. The molecule has 2 aliphatic heterocycles. The van der Waals surface area contributed by atoms with Gasteiger partial charge in [-0.25, -0.2) is 0 Å². The van der Waals surface area contributed by atoms with E-state index in [9.17, 15) is 9.59 Å². The third kappa shape index (κ3) is 4.16. The van der Waals surface area contributed by atoms with Crippen molar-refractivity contribution < 1.29 is 9.59 Å². The van der Waals surface area contributed by atoms with E-state index in [1.807, 2.05) is 16.3 Å². The second kappa shape index (κ2) is 8.12. The minimum Gasteiger partial charge on any atom is -0.341 e. The first-order valence-electron chi connectivity index (χ1n) is 9.02. The van der Waals surface area contributed by atoms with Crippen LogP contribution in [0, 0.1) is 0 Å². The van der Waals surface area contributed by atoms with Crippen LogP contribution in [-0.2, 0) is 4.79 Å². The van der Waals surface area contributed by atoms with E-state index in [-0.39, 0.29) is 11.8 Å². The second-order valence-electron chi connectivity index (χ2n) is 6.83. The van der Waals surface area contributed by atoms with Gasteiger partial charge in [0.05, 0.1) is 4.88 Å². The summed E-state index contributed by atoms with van der Waals surface area (Å²) in [6.07, 6.45) is 6.08. The highest BCUT2D eigenvalue weighted by Crippen LogP contribution is 2.21. The van der Waals surface area contributed by atoms with Crippen LogP contribution in [0.1, 0.15) is 48.7 Å². The molecule has 3 rings (SSSR count). The molecule has 1 aromatic heterocycles. The molecule has 2 amide bonds. The maximum Gasteiger partial charge on any atom is 0.261 e. The average Bonchev–Trinajstić information content (AvgIpc) is 3.17. The van der Waals surface area contributed by atoms with E-state index in [1.54, 1.807) is 13.0 Å². The van der Waals surface area contributed by atoms with Crippen LogP contribution in [0.2, 0.25) is 0 Å². The molecule has 1 aromatic rings. The number of nitrogens with one attached hydrogen (secondary N) is 1. The molecule has 0 radical (unpaired) electrons. The summed E-state index contributed by atoms with van der Waals surface area (Å²) in [5.74, 6) is -0.119. The molecule has 2 fully saturated rings. The highest BCUT2D eigenvalue weighted by atomic mass is 32.1. The summed E-state index contributed by atoms with van der Waals surface area (Å²) in [7, 11) is 0. The molecule has 1 unspecified atom stereocenters. The molecule has 1 atom stereocenters. The monoisotopic (exact) mass is 349 g/mol. The lowest BCUT2D eigenvalue weighted by molar-refractivity contribution is -0.134. The summed E-state index contributed by atoms with van der Waals surface area (Å²) < 4.78 is 0. The van der Waals surface area contributed by atoms with E-state index in [1.165, 1.54) is 43.7 Å². The molecule has 0 saturated carbocycles. The van der Waals surface area contributed by atoms with E-state index < -0.39 is 6.04 Å². The van der Waals surface area contributed by atoms with Crippen molar-refractivity contribution in [3.63, 3.8) is 0 Å². The lowest BCUT2D eigenvalue weighted by atomic mass is 9.99. The number of carbonyl (C=O) groups is 2. The fraction of sp³-hybridized carbons (Fsp3) is 0.667. The van der Waals surface area contributed by atoms with Crippen molar-refractivity contribution >= 4 is 23.2 Å². The summed E-state index contributed by atoms with van der Waals surface area (Å²) in [5, 5.41) is 4.69. The van der Waals surface area contributed by atoms with Crippen LogP contribution < -0.4 is 5.32 Å². The van der Waals surface area contributed by atoms with Crippen molar-refractivity contribution in [1.82, 2.24) is 15.1 Å². The molecule has 2 aliphatic rings. The number of nitrogens with zero attached hydrogens (tertiary/aromatic N) is 2. The third-order valence-electron chi connectivity index (χ3n) is 5.15. The van der Waals surface area contributed by atoms with Gasteiger partial charge in [0.2, 0.25) is 5.91 Å². The number of likely N-dealkylation sites (tertiary alicyclic amines) is 2. The summed E-state index contributed by atoms with van der Waals surface area (Å²) in [6.45, 7) is 5.82. The SMILES string of the molecule is CC(NC(=O)c1cccs1)C(=O)N1CCC(N2CCCCC2)CC1. The van der Waals surface area contributed by atoms with Gasteiger partial charge in [-0.3, -0.25) is 9.59 Å². The molecule has 6 heteroatoms. The van der Waals surface area contributed by atoms with Gasteiger partial charge in [0.25, 0.3) is 5.91 Å². The second-order valence-corrected chi connectivity index (χ2v) is 7.77. The molecular formula is C18H27N3O2S. The molecule has 3 heterocycles. The minimum atomic E-state index is -0.467. The van der Waals surface area contributed by atoms with Crippen molar-refractivity contribution in [2.75, 3.05) is 26.2 Å². The predicted octanol–water partition coefficient (Wildman–Crippen LogP) is 2.34. The zero-order valence-electron chi connectivity index (χ0n) is 14.4. The number of hydrogen-bond acceptors (Lipinski definition) is 4. The van der Waals surface area contributed by atoms with Gasteiger partial charge in [0.15, 0.2) is 0 Å². The zero-order chi connectivity index (χ0) is 16.9. The Morgan fingerprint density at radius 1 is 1.17 bits per heavy atom. The lowest BCUT2D eigenvalue weighted by Crippen LogP contribution is -2.52. The number of hydrogen-bond donors (Lipinski definition) is 1. The van der Waals surface area contributed by atoms with E-state index in [0.29, 0.717) is 10.9 Å². The van der Waals surface area contributed by atoms with Crippen LogP contribution >= 0.6 is 11.3 Å². The Balaban J connectivity index is 1.46.